The van der Waals surface area contributed by atoms with Crippen molar-refractivity contribution in [1.82, 2.24) is 9.62 Å². The molecule has 1 aliphatic rings. The molecule has 2 unspecified atom stereocenters. The van der Waals surface area contributed by atoms with Crippen LogP contribution in [-0.4, -0.2) is 39.0 Å². The van der Waals surface area contributed by atoms with E-state index in [1.54, 1.807) is 18.2 Å². The van der Waals surface area contributed by atoms with Gasteiger partial charge in [0.05, 0.1) is 5.69 Å². The van der Waals surface area contributed by atoms with Gasteiger partial charge in [-0.2, -0.15) is 0 Å². The summed E-state index contributed by atoms with van der Waals surface area (Å²) in [5, 5.41) is 0. The highest BCUT2D eigenvalue weighted by molar-refractivity contribution is 7.89. The second-order valence-corrected chi connectivity index (χ2v) is 6.89. The fourth-order valence-corrected chi connectivity index (χ4v) is 3.82. The number of hydrogen-bond acceptors (Lipinski definition) is 4. The average Bonchev–Trinajstić information content (AvgIpc) is 2.34. The predicted molar refractivity (Wildman–Crippen MR) is 76.3 cm³/mol. The van der Waals surface area contributed by atoms with Crippen molar-refractivity contribution in [2.45, 2.75) is 36.7 Å². The summed E-state index contributed by atoms with van der Waals surface area (Å²) in [6.07, 6.45) is 1.65. The highest BCUT2D eigenvalue weighted by Gasteiger charge is 2.27. The van der Waals surface area contributed by atoms with Gasteiger partial charge in [-0.05, 0) is 45.5 Å². The van der Waals surface area contributed by atoms with Gasteiger partial charge in [-0.1, -0.05) is 12.1 Å². The van der Waals surface area contributed by atoms with Gasteiger partial charge in [0, 0.05) is 12.1 Å². The van der Waals surface area contributed by atoms with E-state index in [-0.39, 0.29) is 16.6 Å². The molecule has 1 aromatic carbocycles. The molecule has 1 saturated heterocycles. The Morgan fingerprint density at radius 1 is 1.37 bits per heavy atom. The number of nitrogen functional groups attached to an aromatic ring is 1. The first-order valence-corrected chi connectivity index (χ1v) is 7.95. The fourth-order valence-electron chi connectivity index (χ4n) is 2.40. The number of likely N-dealkylation sites (tertiary alicyclic amines) is 1. The molecule has 0 amide bonds. The van der Waals surface area contributed by atoms with Crippen LogP contribution in [0.15, 0.2) is 29.2 Å². The zero-order chi connectivity index (χ0) is 14.0. The number of sulfonamides is 1. The maximum atomic E-state index is 12.3. The second kappa shape index (κ2) is 5.48. The molecule has 1 fully saturated rings. The third kappa shape index (κ3) is 3.26. The maximum Gasteiger partial charge on any atom is 0.242 e. The molecule has 1 aromatic rings. The van der Waals surface area contributed by atoms with Gasteiger partial charge < -0.3 is 10.6 Å². The topological polar surface area (TPSA) is 75.4 Å². The molecule has 0 aromatic heterocycles. The number of nitrogens with zero attached hydrogens (tertiary/aromatic N) is 1. The second-order valence-electron chi connectivity index (χ2n) is 5.21. The number of nitrogens with two attached hydrogens (primary N) is 1. The Kier molecular flexibility index (Phi) is 4.13. The number of anilines is 1. The average molecular weight is 283 g/mol. The summed E-state index contributed by atoms with van der Waals surface area (Å²) >= 11 is 0. The lowest BCUT2D eigenvalue weighted by molar-refractivity contribution is 0.178. The normalized spacial score (nSPS) is 25.4. The third-order valence-corrected chi connectivity index (χ3v) is 5.33. The number of nitrogens with one attached hydrogen (secondary N) is 1. The Morgan fingerprint density at radius 3 is 2.68 bits per heavy atom. The molecule has 106 valence electrons. The summed E-state index contributed by atoms with van der Waals surface area (Å²) in [6, 6.07) is 6.92. The van der Waals surface area contributed by atoms with Crippen LogP contribution in [0.3, 0.4) is 0 Å². The van der Waals surface area contributed by atoms with Gasteiger partial charge in [-0.3, -0.25) is 0 Å². The first-order chi connectivity index (χ1) is 8.90. The van der Waals surface area contributed by atoms with Gasteiger partial charge >= 0.3 is 0 Å². The number of hydrogen-bond donors (Lipinski definition) is 2. The van der Waals surface area contributed by atoms with Crippen molar-refractivity contribution in [3.63, 3.8) is 0 Å². The van der Waals surface area contributed by atoms with E-state index < -0.39 is 10.0 Å². The minimum atomic E-state index is -3.53. The van der Waals surface area contributed by atoms with Crippen LogP contribution in [0.25, 0.3) is 0 Å². The number of benzene rings is 1. The van der Waals surface area contributed by atoms with Crippen molar-refractivity contribution in [1.29, 1.82) is 0 Å². The Hall–Kier alpha value is -1.11. The maximum absolute atomic E-state index is 12.3. The number of para-hydroxylation sites is 1. The zero-order valence-electron chi connectivity index (χ0n) is 11.3. The van der Waals surface area contributed by atoms with E-state index in [1.165, 1.54) is 6.07 Å². The molecule has 0 aliphatic carbocycles. The Morgan fingerprint density at radius 2 is 2.05 bits per heavy atom. The van der Waals surface area contributed by atoms with E-state index in [9.17, 15) is 8.42 Å². The molecule has 3 N–H and O–H groups in total. The number of rotatable bonds is 3. The van der Waals surface area contributed by atoms with Crippen LogP contribution in [0.4, 0.5) is 5.69 Å². The summed E-state index contributed by atoms with van der Waals surface area (Å²) in [5.41, 5.74) is 6.02. The monoisotopic (exact) mass is 283 g/mol. The first-order valence-electron chi connectivity index (χ1n) is 6.47. The van der Waals surface area contributed by atoms with Gasteiger partial charge in [0.25, 0.3) is 0 Å². The lowest BCUT2D eigenvalue weighted by Gasteiger charge is -2.35. The molecule has 0 radical (unpaired) electrons. The summed E-state index contributed by atoms with van der Waals surface area (Å²) in [7, 11) is -1.46. The first kappa shape index (κ1) is 14.3. The van der Waals surface area contributed by atoms with Crippen LogP contribution in [0, 0.1) is 0 Å². The smallest absolute Gasteiger partial charge is 0.242 e. The summed E-state index contributed by atoms with van der Waals surface area (Å²) in [6.45, 7) is 3.01. The molecule has 2 atom stereocenters. The van der Waals surface area contributed by atoms with Crippen LogP contribution >= 0.6 is 0 Å². The van der Waals surface area contributed by atoms with Crippen LogP contribution < -0.4 is 10.5 Å². The Bertz CT molecular complexity index is 545. The Labute approximate surface area is 114 Å². The predicted octanol–water partition coefficient (Wildman–Crippen LogP) is 1.03. The van der Waals surface area contributed by atoms with E-state index in [4.69, 9.17) is 5.73 Å². The Balaban J connectivity index is 2.12. The van der Waals surface area contributed by atoms with E-state index >= 15 is 0 Å². The van der Waals surface area contributed by atoms with Crippen molar-refractivity contribution in [2.75, 3.05) is 19.3 Å². The van der Waals surface area contributed by atoms with Crippen molar-refractivity contribution in [3.8, 4) is 0 Å². The molecule has 19 heavy (non-hydrogen) atoms. The standard InChI is InChI=1S/C13H21N3O2S/c1-10-9-11(7-8-16(10)2)15-19(17,18)13-6-4-3-5-12(13)14/h3-6,10-11,15H,7-9,14H2,1-2H3. The van der Waals surface area contributed by atoms with Crippen molar-refractivity contribution < 1.29 is 8.42 Å². The van der Waals surface area contributed by atoms with Crippen molar-refractivity contribution in [3.05, 3.63) is 24.3 Å². The summed E-state index contributed by atoms with van der Waals surface area (Å²) < 4.78 is 27.4. The molecule has 0 saturated carbocycles. The lowest BCUT2D eigenvalue weighted by Crippen LogP contribution is -2.47. The largest absolute Gasteiger partial charge is 0.398 e. The molecule has 6 heteroatoms. The minimum Gasteiger partial charge on any atom is -0.398 e. The zero-order valence-corrected chi connectivity index (χ0v) is 12.2. The SMILES string of the molecule is CC1CC(NS(=O)(=O)c2ccccc2N)CCN1C. The molecule has 0 bridgehead atoms. The van der Waals surface area contributed by atoms with Gasteiger partial charge in [0.15, 0.2) is 0 Å². The van der Waals surface area contributed by atoms with Gasteiger partial charge in [-0.15, -0.1) is 0 Å². The van der Waals surface area contributed by atoms with Gasteiger partial charge in [-0.25, -0.2) is 13.1 Å². The summed E-state index contributed by atoms with van der Waals surface area (Å²) in [4.78, 5) is 2.41. The van der Waals surface area contributed by atoms with E-state index in [0.29, 0.717) is 6.04 Å². The van der Waals surface area contributed by atoms with Crippen molar-refractivity contribution >= 4 is 15.7 Å². The van der Waals surface area contributed by atoms with E-state index in [1.807, 2.05) is 0 Å². The van der Waals surface area contributed by atoms with Gasteiger partial charge in [0.2, 0.25) is 10.0 Å². The molecule has 5 nitrogen and oxygen atoms in total. The highest BCUT2D eigenvalue weighted by atomic mass is 32.2. The van der Waals surface area contributed by atoms with Crippen LogP contribution in [-0.2, 0) is 10.0 Å². The molecule has 2 rings (SSSR count). The van der Waals surface area contributed by atoms with Crippen LogP contribution in [0.5, 0.6) is 0 Å². The molecule has 1 aliphatic heterocycles. The molecule has 1 heterocycles. The van der Waals surface area contributed by atoms with Gasteiger partial charge in [0.1, 0.15) is 4.90 Å². The minimum absolute atomic E-state index is 0.0178. The number of piperidine rings is 1. The lowest BCUT2D eigenvalue weighted by atomic mass is 10.0. The summed E-state index contributed by atoms with van der Waals surface area (Å²) in [5.74, 6) is 0. The highest BCUT2D eigenvalue weighted by Crippen LogP contribution is 2.21. The van der Waals surface area contributed by atoms with Crippen LogP contribution in [0.2, 0.25) is 0 Å². The fraction of sp³-hybridized carbons (Fsp3) is 0.538. The van der Waals surface area contributed by atoms with E-state index in [0.717, 1.165) is 19.4 Å². The van der Waals surface area contributed by atoms with Crippen molar-refractivity contribution in [2.24, 2.45) is 0 Å². The quantitative estimate of drug-likeness (QED) is 0.812. The third-order valence-electron chi connectivity index (χ3n) is 3.74. The molecular formula is C13H21N3O2S. The van der Waals surface area contributed by atoms with Crippen LogP contribution in [0.1, 0.15) is 19.8 Å². The molecular weight excluding hydrogens is 262 g/mol. The van der Waals surface area contributed by atoms with E-state index in [2.05, 4.69) is 23.6 Å². The molecule has 0 spiro atoms.